The third-order valence-corrected chi connectivity index (χ3v) is 8.12. The average Bonchev–Trinajstić information content (AvgIpc) is 3.34. The molecule has 2 aromatic heterocycles. The molecule has 208 valence electrons. The van der Waals surface area contributed by atoms with E-state index in [0.717, 1.165) is 51.0 Å². The van der Waals surface area contributed by atoms with Gasteiger partial charge in [0, 0.05) is 29.8 Å². The topological polar surface area (TPSA) is 103 Å². The van der Waals surface area contributed by atoms with Crippen LogP contribution in [0.5, 0.6) is 6.01 Å². The normalized spacial score (nSPS) is 22.7. The van der Waals surface area contributed by atoms with E-state index in [4.69, 9.17) is 9.47 Å². The molecule has 1 saturated heterocycles. The van der Waals surface area contributed by atoms with Gasteiger partial charge in [-0.05, 0) is 55.0 Å². The van der Waals surface area contributed by atoms with E-state index in [2.05, 4.69) is 27.2 Å². The lowest BCUT2D eigenvalue weighted by atomic mass is 9.80. The highest BCUT2D eigenvalue weighted by Gasteiger charge is 2.35. The predicted molar refractivity (Wildman–Crippen MR) is 147 cm³/mol. The van der Waals surface area contributed by atoms with Crippen molar-refractivity contribution in [1.82, 2.24) is 24.6 Å². The van der Waals surface area contributed by atoms with Gasteiger partial charge >= 0.3 is 12.1 Å². The predicted octanol–water partition coefficient (Wildman–Crippen LogP) is 5.40. The molecule has 0 bridgehead atoms. The van der Waals surface area contributed by atoms with E-state index < -0.39 is 12.3 Å². The first kappa shape index (κ1) is 26.2. The fraction of sp³-hybridized carbons (Fsp3) is 0.400. The largest absolute Gasteiger partial charge is 0.467 e. The Hall–Kier alpha value is -4.05. The van der Waals surface area contributed by atoms with Crippen LogP contribution in [-0.2, 0) is 11.3 Å². The van der Waals surface area contributed by atoms with Crippen LogP contribution in [0.3, 0.4) is 0 Å². The van der Waals surface area contributed by atoms with E-state index >= 15 is 4.39 Å². The highest BCUT2D eigenvalue weighted by molar-refractivity contribution is 5.82. The third-order valence-electron chi connectivity index (χ3n) is 8.12. The number of carbonyl (C=O) groups is 1. The molecule has 1 aliphatic carbocycles. The molecule has 40 heavy (non-hydrogen) atoms. The molecular weight excluding hydrogens is 513 g/mol. The summed E-state index contributed by atoms with van der Waals surface area (Å²) in [5.41, 5.74) is 4.66. The lowest BCUT2D eigenvalue weighted by Gasteiger charge is -2.35. The van der Waals surface area contributed by atoms with E-state index in [-0.39, 0.29) is 30.5 Å². The maximum Gasteiger partial charge on any atom is 0.407 e. The summed E-state index contributed by atoms with van der Waals surface area (Å²) in [4.78, 5) is 21.7. The summed E-state index contributed by atoms with van der Waals surface area (Å²) in [7, 11) is 1.54. The van der Waals surface area contributed by atoms with Gasteiger partial charge in [0.2, 0.25) is 0 Å². The van der Waals surface area contributed by atoms with E-state index in [1.807, 2.05) is 43.3 Å². The van der Waals surface area contributed by atoms with Gasteiger partial charge in [-0.3, -0.25) is 0 Å². The summed E-state index contributed by atoms with van der Waals surface area (Å²) in [5, 5.41) is 14.8. The molecule has 10 heteroatoms. The second-order valence-electron chi connectivity index (χ2n) is 10.7. The van der Waals surface area contributed by atoms with Crippen LogP contribution in [0.1, 0.15) is 53.5 Å². The van der Waals surface area contributed by atoms with Gasteiger partial charge in [-0.15, -0.1) is 0 Å². The molecule has 2 aromatic carbocycles. The second kappa shape index (κ2) is 10.8. The number of hydrogen-bond donors (Lipinski definition) is 1. The second-order valence-corrected chi connectivity index (χ2v) is 10.7. The van der Waals surface area contributed by atoms with Crippen LogP contribution in [0.2, 0.25) is 0 Å². The monoisotopic (exact) mass is 545 g/mol. The van der Waals surface area contributed by atoms with Gasteiger partial charge in [0.15, 0.2) is 5.82 Å². The first-order valence-electron chi connectivity index (χ1n) is 13.6. The van der Waals surface area contributed by atoms with Crippen LogP contribution in [0, 0.1) is 6.92 Å². The molecule has 4 aromatic rings. The van der Waals surface area contributed by atoms with Crippen molar-refractivity contribution < 1.29 is 23.8 Å². The number of methoxy groups -OCH3 is 1. The Labute approximate surface area is 231 Å². The van der Waals surface area contributed by atoms with Crippen molar-refractivity contribution >= 4 is 17.0 Å². The third kappa shape index (κ3) is 5.11. The number of halogens is 1. The average molecular weight is 546 g/mol. The van der Waals surface area contributed by atoms with Crippen LogP contribution in [-0.4, -0.2) is 68.3 Å². The molecular formula is C30H32FN5O4. The molecule has 1 saturated carbocycles. The number of amides is 1. The number of hydrogen-bond acceptors (Lipinski definition) is 6. The first-order chi connectivity index (χ1) is 19.4. The van der Waals surface area contributed by atoms with Gasteiger partial charge in [-0.2, -0.15) is 15.1 Å². The van der Waals surface area contributed by atoms with Gasteiger partial charge in [0.05, 0.1) is 43.8 Å². The van der Waals surface area contributed by atoms with E-state index in [9.17, 15) is 9.90 Å². The number of nitrogens with zero attached hydrogens (tertiary/aromatic N) is 5. The number of aromatic nitrogens is 4. The van der Waals surface area contributed by atoms with Crippen LogP contribution in [0.4, 0.5) is 9.18 Å². The minimum absolute atomic E-state index is 0.124. The van der Waals surface area contributed by atoms with Gasteiger partial charge < -0.3 is 19.5 Å². The van der Waals surface area contributed by atoms with Crippen molar-refractivity contribution in [2.75, 3.05) is 20.2 Å². The highest BCUT2D eigenvalue weighted by atomic mass is 19.1. The fourth-order valence-corrected chi connectivity index (χ4v) is 5.79. The Morgan fingerprint density at radius 1 is 1.15 bits per heavy atom. The minimum Gasteiger partial charge on any atom is -0.467 e. The molecule has 2 aliphatic rings. The first-order valence-corrected chi connectivity index (χ1v) is 13.6. The zero-order valence-corrected chi connectivity index (χ0v) is 22.5. The molecule has 0 radical (unpaired) electrons. The zero-order chi connectivity index (χ0) is 27.8. The standard InChI is InChI=1S/C30H32FN5O4/c1-18-10-21-15-32-36(27(21)13-24(18)23-8-9-35(30(37)38)16-25(23)31)28-14-26(33-29(34-28)39-2)20-11-22(12-20)40-17-19-6-4-3-5-7-19/h3-7,10,13-15,20,22-23,25H,8-9,11-12,16-17H2,1-2H3,(H,37,38)/t20-,22+,23?,25?. The number of rotatable bonds is 7. The number of benzene rings is 2. The number of alkyl halides is 1. The highest BCUT2D eigenvalue weighted by Crippen LogP contribution is 2.40. The van der Waals surface area contributed by atoms with E-state index in [1.165, 1.54) is 0 Å². The molecule has 2 fully saturated rings. The summed E-state index contributed by atoms with van der Waals surface area (Å²) in [6.45, 7) is 2.73. The number of fused-ring (bicyclic) bond motifs is 1. The van der Waals surface area contributed by atoms with Gasteiger partial charge in [0.25, 0.3) is 0 Å². The molecule has 1 aliphatic heterocycles. The summed E-state index contributed by atoms with van der Waals surface area (Å²) >= 11 is 0. The fourth-order valence-electron chi connectivity index (χ4n) is 5.79. The van der Waals surface area contributed by atoms with Gasteiger partial charge in [0.1, 0.15) is 6.17 Å². The van der Waals surface area contributed by atoms with Crippen LogP contribution in [0.25, 0.3) is 16.7 Å². The minimum atomic E-state index is -1.28. The van der Waals surface area contributed by atoms with E-state index in [1.54, 1.807) is 18.0 Å². The molecule has 9 nitrogen and oxygen atoms in total. The van der Waals surface area contributed by atoms with E-state index in [0.29, 0.717) is 25.4 Å². The Morgan fingerprint density at radius 2 is 1.95 bits per heavy atom. The Balaban J connectivity index is 1.24. The zero-order valence-electron chi connectivity index (χ0n) is 22.5. The van der Waals surface area contributed by atoms with Gasteiger partial charge in [-0.25, -0.2) is 13.9 Å². The molecule has 3 heterocycles. The Morgan fingerprint density at radius 3 is 2.67 bits per heavy atom. The number of ether oxygens (including phenoxy) is 2. The lowest BCUT2D eigenvalue weighted by Crippen LogP contribution is -2.43. The SMILES string of the molecule is COc1nc(-n2ncc3cc(C)c(C4CCN(C(=O)O)CC4F)cc32)cc([C@H]2C[C@@H](OCc3ccccc3)C2)n1. The summed E-state index contributed by atoms with van der Waals surface area (Å²) in [6.07, 6.45) is 1.74. The van der Waals surface area contributed by atoms with Crippen LogP contribution < -0.4 is 4.74 Å². The lowest BCUT2D eigenvalue weighted by molar-refractivity contribution is -0.0215. The number of piperidine rings is 1. The van der Waals surface area contributed by atoms with Crippen molar-refractivity contribution in [2.24, 2.45) is 0 Å². The van der Waals surface area contributed by atoms with Crippen LogP contribution >= 0.6 is 0 Å². The van der Waals surface area contributed by atoms with Crippen LogP contribution in [0.15, 0.2) is 54.7 Å². The number of aryl methyl sites for hydroxylation is 1. The Kier molecular flexibility index (Phi) is 7.10. The molecule has 1 amide bonds. The summed E-state index contributed by atoms with van der Waals surface area (Å²) < 4.78 is 28.4. The quantitative estimate of drug-likeness (QED) is 0.332. The molecule has 1 N–H and O–H groups in total. The molecule has 2 unspecified atom stereocenters. The van der Waals surface area contributed by atoms with Crippen molar-refractivity contribution in [1.29, 1.82) is 0 Å². The molecule has 6 rings (SSSR count). The molecule has 2 atom stereocenters. The summed E-state index contributed by atoms with van der Waals surface area (Å²) in [6, 6.07) is 16.3. The number of likely N-dealkylation sites (tertiary alicyclic amines) is 1. The molecule has 0 spiro atoms. The van der Waals surface area contributed by atoms with Gasteiger partial charge in [-0.1, -0.05) is 30.3 Å². The Bertz CT molecular complexity index is 1520. The smallest absolute Gasteiger partial charge is 0.407 e. The maximum absolute atomic E-state index is 15.2. The maximum atomic E-state index is 15.2. The number of carboxylic acid groups (broad SMARTS) is 1. The van der Waals surface area contributed by atoms with Crippen molar-refractivity contribution in [3.63, 3.8) is 0 Å². The van der Waals surface area contributed by atoms with Crippen molar-refractivity contribution in [3.8, 4) is 11.8 Å². The summed E-state index contributed by atoms with van der Waals surface area (Å²) in [5.74, 6) is 0.419. The van der Waals surface area contributed by atoms with Crippen molar-refractivity contribution in [2.45, 2.75) is 56.9 Å². The van der Waals surface area contributed by atoms with Crippen molar-refractivity contribution in [3.05, 3.63) is 77.1 Å².